The van der Waals surface area contributed by atoms with Crippen LogP contribution < -0.4 is 4.90 Å². The fourth-order valence-corrected chi connectivity index (χ4v) is 6.20. The largest absolute Gasteiger partial charge is 0.465 e. The summed E-state index contributed by atoms with van der Waals surface area (Å²) in [6.07, 6.45) is 0. The lowest BCUT2D eigenvalue weighted by Gasteiger charge is -2.20. The Kier molecular flexibility index (Phi) is 7.46. The zero-order chi connectivity index (χ0) is 23.4. The number of esters is 1. The number of nitrogens with zero attached hydrogens (tertiary/aromatic N) is 3. The SMILES string of the molecule is CCOC(=O)C1SC(SCC(=O)N(Cc2ccccc2)c2nc3c(C)cccc3s2)=NC1=O. The summed E-state index contributed by atoms with van der Waals surface area (Å²) < 4.78 is 6.34. The molecule has 1 atom stereocenters. The Morgan fingerprint density at radius 1 is 1.15 bits per heavy atom. The highest BCUT2D eigenvalue weighted by atomic mass is 32.2. The van der Waals surface area contributed by atoms with Crippen molar-refractivity contribution in [3.63, 3.8) is 0 Å². The Labute approximate surface area is 203 Å². The summed E-state index contributed by atoms with van der Waals surface area (Å²) in [5.41, 5.74) is 2.92. The minimum atomic E-state index is -0.991. The van der Waals surface area contributed by atoms with Gasteiger partial charge in [-0.25, -0.2) is 4.98 Å². The van der Waals surface area contributed by atoms with Crippen molar-refractivity contribution in [3.8, 4) is 0 Å². The number of aryl methyl sites for hydroxylation is 1. The Hall–Kier alpha value is -2.69. The molecule has 1 aliphatic heterocycles. The van der Waals surface area contributed by atoms with Gasteiger partial charge in [-0.15, -0.1) is 0 Å². The highest BCUT2D eigenvalue weighted by Gasteiger charge is 2.36. The maximum atomic E-state index is 13.3. The van der Waals surface area contributed by atoms with Gasteiger partial charge >= 0.3 is 5.97 Å². The number of hydrogen-bond acceptors (Lipinski definition) is 8. The Balaban J connectivity index is 1.51. The van der Waals surface area contributed by atoms with E-state index in [9.17, 15) is 14.4 Å². The molecule has 2 heterocycles. The van der Waals surface area contributed by atoms with Gasteiger partial charge in [-0.3, -0.25) is 19.3 Å². The maximum Gasteiger partial charge on any atom is 0.329 e. The van der Waals surface area contributed by atoms with E-state index in [1.165, 1.54) is 11.3 Å². The van der Waals surface area contributed by atoms with Gasteiger partial charge in [0.2, 0.25) is 5.91 Å². The zero-order valence-electron chi connectivity index (χ0n) is 18.0. The highest BCUT2D eigenvalue weighted by Crippen LogP contribution is 2.33. The zero-order valence-corrected chi connectivity index (χ0v) is 20.5. The van der Waals surface area contributed by atoms with E-state index >= 15 is 0 Å². The number of aliphatic imine (C=N–C) groups is 1. The van der Waals surface area contributed by atoms with Crippen LogP contribution in [-0.2, 0) is 25.7 Å². The van der Waals surface area contributed by atoms with Gasteiger partial charge in [0.1, 0.15) is 4.38 Å². The molecule has 0 radical (unpaired) electrons. The van der Waals surface area contributed by atoms with Crippen LogP contribution in [0.5, 0.6) is 0 Å². The Bertz CT molecular complexity index is 1230. The lowest BCUT2D eigenvalue weighted by Crippen LogP contribution is -2.32. The molecule has 0 spiro atoms. The third kappa shape index (κ3) is 5.45. The molecule has 2 aromatic carbocycles. The second kappa shape index (κ2) is 10.5. The predicted octanol–water partition coefficient (Wildman–Crippen LogP) is 4.43. The summed E-state index contributed by atoms with van der Waals surface area (Å²) in [6.45, 7) is 4.25. The van der Waals surface area contributed by atoms with Crippen molar-refractivity contribution >= 4 is 72.4 Å². The average Bonchev–Trinajstić information content (AvgIpc) is 3.41. The van der Waals surface area contributed by atoms with E-state index in [2.05, 4.69) is 4.99 Å². The topological polar surface area (TPSA) is 88.9 Å². The fraction of sp³-hybridized carbons (Fsp3) is 0.261. The number of carbonyl (C=O) groups is 3. The molecule has 33 heavy (non-hydrogen) atoms. The van der Waals surface area contributed by atoms with Crippen LogP contribution >= 0.6 is 34.9 Å². The molecule has 0 N–H and O–H groups in total. The maximum absolute atomic E-state index is 13.3. The van der Waals surface area contributed by atoms with Crippen molar-refractivity contribution in [1.29, 1.82) is 0 Å². The summed E-state index contributed by atoms with van der Waals surface area (Å²) in [5.74, 6) is -1.24. The van der Waals surface area contributed by atoms with Crippen molar-refractivity contribution in [2.75, 3.05) is 17.3 Å². The number of ether oxygens (including phenoxy) is 1. The smallest absolute Gasteiger partial charge is 0.329 e. The molecule has 0 aliphatic carbocycles. The molecule has 0 saturated carbocycles. The Morgan fingerprint density at radius 3 is 2.67 bits per heavy atom. The molecule has 2 amide bonds. The van der Waals surface area contributed by atoms with Crippen molar-refractivity contribution in [3.05, 3.63) is 59.7 Å². The average molecular weight is 500 g/mol. The number of thiazole rings is 1. The van der Waals surface area contributed by atoms with Gasteiger partial charge in [-0.2, -0.15) is 4.99 Å². The van der Waals surface area contributed by atoms with E-state index in [-0.39, 0.29) is 18.3 Å². The molecule has 3 aromatic rings. The number of amides is 2. The van der Waals surface area contributed by atoms with Crippen LogP contribution in [-0.4, -0.2) is 44.8 Å². The number of hydrogen-bond donors (Lipinski definition) is 0. The summed E-state index contributed by atoms with van der Waals surface area (Å²) in [7, 11) is 0. The number of fused-ring (bicyclic) bond motifs is 1. The van der Waals surface area contributed by atoms with Crippen LogP contribution in [0.15, 0.2) is 53.5 Å². The molecule has 10 heteroatoms. The van der Waals surface area contributed by atoms with E-state index in [4.69, 9.17) is 9.72 Å². The van der Waals surface area contributed by atoms with Gasteiger partial charge < -0.3 is 4.74 Å². The number of rotatable bonds is 7. The van der Waals surface area contributed by atoms with Crippen LogP contribution in [0.4, 0.5) is 5.13 Å². The van der Waals surface area contributed by atoms with E-state index in [0.717, 1.165) is 44.9 Å². The van der Waals surface area contributed by atoms with Crippen LogP contribution in [0.3, 0.4) is 0 Å². The van der Waals surface area contributed by atoms with Gasteiger partial charge in [-0.1, -0.05) is 77.3 Å². The minimum Gasteiger partial charge on any atom is -0.465 e. The molecule has 1 aliphatic rings. The van der Waals surface area contributed by atoms with Gasteiger partial charge in [0.05, 0.1) is 29.1 Å². The lowest BCUT2D eigenvalue weighted by atomic mass is 10.2. The minimum absolute atomic E-state index is 0.0659. The summed E-state index contributed by atoms with van der Waals surface area (Å²) in [6, 6.07) is 15.7. The van der Waals surface area contributed by atoms with Crippen molar-refractivity contribution in [2.45, 2.75) is 25.6 Å². The molecule has 7 nitrogen and oxygen atoms in total. The van der Waals surface area contributed by atoms with E-state index in [1.807, 2.05) is 55.5 Å². The quantitative estimate of drug-likeness (QED) is 0.351. The monoisotopic (exact) mass is 499 g/mol. The molecule has 170 valence electrons. The van der Waals surface area contributed by atoms with E-state index in [0.29, 0.717) is 16.1 Å². The van der Waals surface area contributed by atoms with Gasteiger partial charge in [0, 0.05) is 0 Å². The first-order chi connectivity index (χ1) is 16.0. The van der Waals surface area contributed by atoms with Crippen LogP contribution in [0, 0.1) is 6.92 Å². The molecular weight excluding hydrogens is 478 g/mol. The van der Waals surface area contributed by atoms with E-state index < -0.39 is 17.1 Å². The first-order valence-corrected chi connectivity index (χ1v) is 12.9. The number of para-hydroxylation sites is 1. The summed E-state index contributed by atoms with van der Waals surface area (Å²) in [5, 5.41) is -0.370. The van der Waals surface area contributed by atoms with E-state index in [1.54, 1.807) is 11.8 Å². The van der Waals surface area contributed by atoms with Crippen LogP contribution in [0.2, 0.25) is 0 Å². The molecule has 4 rings (SSSR count). The van der Waals surface area contributed by atoms with Gasteiger partial charge in [0.25, 0.3) is 5.91 Å². The molecule has 1 unspecified atom stereocenters. The normalized spacial score (nSPS) is 15.5. The summed E-state index contributed by atoms with van der Waals surface area (Å²) in [4.78, 5) is 47.6. The number of thioether (sulfide) groups is 2. The highest BCUT2D eigenvalue weighted by molar-refractivity contribution is 8.40. The van der Waals surface area contributed by atoms with Crippen molar-refractivity contribution < 1.29 is 19.1 Å². The summed E-state index contributed by atoms with van der Waals surface area (Å²) >= 11 is 3.65. The van der Waals surface area contributed by atoms with Gasteiger partial charge in [0.15, 0.2) is 10.4 Å². The predicted molar refractivity (Wildman–Crippen MR) is 135 cm³/mol. The number of benzene rings is 2. The van der Waals surface area contributed by atoms with Crippen molar-refractivity contribution in [2.24, 2.45) is 4.99 Å². The standard InChI is InChI=1S/C23H21N3O4S3/c1-3-30-21(29)19-20(28)25-23(33-19)31-13-17(27)26(12-15-9-5-4-6-10-15)22-24-18-14(2)8-7-11-16(18)32-22/h4-11,19H,3,12-13H2,1-2H3. The van der Waals surface area contributed by atoms with Crippen molar-refractivity contribution in [1.82, 2.24) is 4.98 Å². The first-order valence-electron chi connectivity index (χ1n) is 10.3. The lowest BCUT2D eigenvalue weighted by molar-refractivity contribution is -0.144. The Morgan fingerprint density at radius 2 is 1.94 bits per heavy atom. The second-order valence-electron chi connectivity index (χ2n) is 7.14. The fourth-order valence-electron chi connectivity index (χ4n) is 3.18. The number of carbonyl (C=O) groups excluding carboxylic acids is 3. The number of aromatic nitrogens is 1. The second-order valence-corrected chi connectivity index (χ2v) is 10.5. The van der Waals surface area contributed by atoms with Gasteiger partial charge in [-0.05, 0) is 31.0 Å². The molecule has 0 fully saturated rings. The molecule has 1 aromatic heterocycles. The third-order valence-electron chi connectivity index (χ3n) is 4.79. The van der Waals surface area contributed by atoms with Crippen LogP contribution in [0.25, 0.3) is 10.2 Å². The molecule has 0 bridgehead atoms. The first kappa shape index (κ1) is 23.5. The molecular formula is C23H21N3O4S3. The third-order valence-corrected chi connectivity index (χ3v) is 8.13. The van der Waals surface area contributed by atoms with Crippen LogP contribution in [0.1, 0.15) is 18.1 Å². The molecule has 0 saturated heterocycles. The number of anilines is 1.